The summed E-state index contributed by atoms with van der Waals surface area (Å²) in [6, 6.07) is 6.67. The van der Waals surface area contributed by atoms with Crippen molar-refractivity contribution < 1.29 is 19.8 Å². The van der Waals surface area contributed by atoms with Crippen molar-refractivity contribution in [3.05, 3.63) is 51.0 Å². The molecule has 5 nitrogen and oxygen atoms in total. The van der Waals surface area contributed by atoms with Gasteiger partial charge in [-0.05, 0) is 24.6 Å². The quantitative estimate of drug-likeness (QED) is 0.883. The molecule has 0 spiro atoms. The van der Waals surface area contributed by atoms with Gasteiger partial charge in [-0.2, -0.15) is 0 Å². The van der Waals surface area contributed by atoms with Gasteiger partial charge >= 0.3 is 11.9 Å². The molecule has 104 valence electrons. The zero-order valence-corrected chi connectivity index (χ0v) is 11.6. The number of hydrogen-bond donors (Lipinski definition) is 2. The van der Waals surface area contributed by atoms with E-state index in [1.165, 1.54) is 17.4 Å². The van der Waals surface area contributed by atoms with Gasteiger partial charge in [0, 0.05) is 11.3 Å². The molecule has 1 heterocycles. The minimum atomic E-state index is -0.964. The number of nitrogens with zero attached hydrogens (tertiary/aromatic N) is 1. The molecule has 2 N–H and O–H groups in total. The summed E-state index contributed by atoms with van der Waals surface area (Å²) >= 11 is 1.36. The van der Waals surface area contributed by atoms with Gasteiger partial charge in [-0.15, -0.1) is 11.3 Å². The van der Waals surface area contributed by atoms with Gasteiger partial charge < -0.3 is 10.2 Å². The second kappa shape index (κ2) is 5.83. The van der Waals surface area contributed by atoms with E-state index in [2.05, 4.69) is 4.98 Å². The molecular weight excluding hydrogens is 278 g/mol. The second-order valence-electron chi connectivity index (χ2n) is 4.37. The number of thiazole rings is 1. The van der Waals surface area contributed by atoms with Crippen molar-refractivity contribution in [2.24, 2.45) is 0 Å². The van der Waals surface area contributed by atoms with Gasteiger partial charge in [-0.1, -0.05) is 12.1 Å². The standard InChI is InChI=1S/C14H13NO4S/c1-8-11(7-13(16)17)20-12(15-8)6-9-3-2-4-10(5-9)14(18)19/h2-5H,6-7H2,1H3,(H,16,17)(H,18,19). The summed E-state index contributed by atoms with van der Waals surface area (Å²) < 4.78 is 0. The summed E-state index contributed by atoms with van der Waals surface area (Å²) in [5, 5.41) is 18.5. The third-order valence-electron chi connectivity index (χ3n) is 2.78. The molecule has 20 heavy (non-hydrogen) atoms. The lowest BCUT2D eigenvalue weighted by Gasteiger charge is -2.00. The minimum absolute atomic E-state index is 0.0291. The summed E-state index contributed by atoms with van der Waals surface area (Å²) in [5.41, 5.74) is 1.81. The Morgan fingerprint density at radius 2 is 2.05 bits per heavy atom. The Balaban J connectivity index is 2.20. The van der Waals surface area contributed by atoms with Crippen molar-refractivity contribution in [2.75, 3.05) is 0 Å². The number of carbonyl (C=O) groups is 2. The topological polar surface area (TPSA) is 87.5 Å². The molecule has 0 amide bonds. The van der Waals surface area contributed by atoms with E-state index in [4.69, 9.17) is 10.2 Å². The highest BCUT2D eigenvalue weighted by Crippen LogP contribution is 2.21. The fourth-order valence-corrected chi connectivity index (χ4v) is 2.95. The van der Waals surface area contributed by atoms with Crippen LogP contribution in [0.2, 0.25) is 0 Å². The number of carboxylic acids is 2. The molecular formula is C14H13NO4S. The average molecular weight is 291 g/mol. The first-order valence-corrected chi connectivity index (χ1v) is 6.76. The van der Waals surface area contributed by atoms with Crippen molar-refractivity contribution in [3.63, 3.8) is 0 Å². The van der Waals surface area contributed by atoms with Gasteiger partial charge in [-0.25, -0.2) is 9.78 Å². The Labute approximate surface area is 119 Å². The van der Waals surface area contributed by atoms with E-state index in [-0.39, 0.29) is 12.0 Å². The highest BCUT2D eigenvalue weighted by molar-refractivity contribution is 7.11. The smallest absolute Gasteiger partial charge is 0.335 e. The predicted molar refractivity (Wildman–Crippen MR) is 74.4 cm³/mol. The first kappa shape index (κ1) is 14.2. The maximum absolute atomic E-state index is 10.9. The largest absolute Gasteiger partial charge is 0.481 e. The molecule has 0 radical (unpaired) electrons. The zero-order chi connectivity index (χ0) is 14.7. The highest BCUT2D eigenvalue weighted by atomic mass is 32.1. The Bertz CT molecular complexity index is 663. The lowest BCUT2D eigenvalue weighted by atomic mass is 10.1. The Hall–Kier alpha value is -2.21. The molecule has 1 aromatic carbocycles. The SMILES string of the molecule is Cc1nc(Cc2cccc(C(=O)O)c2)sc1CC(=O)O. The monoisotopic (exact) mass is 291 g/mol. The molecule has 1 aromatic heterocycles. The second-order valence-corrected chi connectivity index (χ2v) is 5.54. The molecule has 0 unspecified atom stereocenters. The van der Waals surface area contributed by atoms with Crippen LogP contribution in [0, 0.1) is 6.92 Å². The van der Waals surface area contributed by atoms with Crippen LogP contribution in [0.5, 0.6) is 0 Å². The Morgan fingerprint density at radius 1 is 1.30 bits per heavy atom. The van der Waals surface area contributed by atoms with E-state index >= 15 is 0 Å². The van der Waals surface area contributed by atoms with E-state index in [1.54, 1.807) is 19.1 Å². The van der Waals surface area contributed by atoms with Crippen molar-refractivity contribution in [1.29, 1.82) is 0 Å². The van der Waals surface area contributed by atoms with Crippen LogP contribution in [-0.4, -0.2) is 27.1 Å². The van der Waals surface area contributed by atoms with Gasteiger partial charge in [0.15, 0.2) is 0 Å². The van der Waals surface area contributed by atoms with Gasteiger partial charge in [-0.3, -0.25) is 4.79 Å². The molecule has 0 aliphatic rings. The van der Waals surface area contributed by atoms with Gasteiger partial charge in [0.1, 0.15) is 0 Å². The molecule has 0 aliphatic carbocycles. The molecule has 0 bridgehead atoms. The first-order valence-electron chi connectivity index (χ1n) is 5.95. The maximum Gasteiger partial charge on any atom is 0.335 e. The number of rotatable bonds is 5. The molecule has 0 saturated heterocycles. The van der Waals surface area contributed by atoms with Crippen LogP contribution >= 0.6 is 11.3 Å². The van der Waals surface area contributed by atoms with E-state index in [1.807, 2.05) is 6.07 Å². The molecule has 2 aromatic rings. The molecule has 6 heteroatoms. The van der Waals surface area contributed by atoms with E-state index < -0.39 is 11.9 Å². The van der Waals surface area contributed by atoms with Crippen LogP contribution in [0.15, 0.2) is 24.3 Å². The van der Waals surface area contributed by atoms with Crippen LogP contribution in [0.3, 0.4) is 0 Å². The molecule has 0 atom stereocenters. The normalized spacial score (nSPS) is 10.4. The Morgan fingerprint density at radius 3 is 2.70 bits per heavy atom. The van der Waals surface area contributed by atoms with Crippen LogP contribution < -0.4 is 0 Å². The summed E-state index contributed by atoms with van der Waals surface area (Å²) in [6.07, 6.45) is 0.477. The molecule has 0 saturated carbocycles. The van der Waals surface area contributed by atoms with E-state index in [9.17, 15) is 9.59 Å². The summed E-state index contributed by atoms with van der Waals surface area (Å²) in [6.45, 7) is 1.78. The number of benzene rings is 1. The number of aryl methyl sites for hydroxylation is 1. The van der Waals surface area contributed by atoms with Gasteiger partial charge in [0.2, 0.25) is 0 Å². The fourth-order valence-electron chi connectivity index (χ4n) is 1.85. The summed E-state index contributed by atoms with van der Waals surface area (Å²) in [4.78, 5) is 26.7. The number of aliphatic carboxylic acids is 1. The average Bonchev–Trinajstić information content (AvgIpc) is 2.69. The number of hydrogen-bond acceptors (Lipinski definition) is 4. The summed E-state index contributed by atoms with van der Waals surface area (Å²) in [7, 11) is 0. The fraction of sp³-hybridized carbons (Fsp3) is 0.214. The Kier molecular flexibility index (Phi) is 4.14. The lowest BCUT2D eigenvalue weighted by molar-refractivity contribution is -0.136. The van der Waals surface area contributed by atoms with Crippen molar-refractivity contribution in [2.45, 2.75) is 19.8 Å². The maximum atomic E-state index is 10.9. The number of aromatic nitrogens is 1. The lowest BCUT2D eigenvalue weighted by Crippen LogP contribution is -1.99. The first-order chi connectivity index (χ1) is 9.45. The number of aromatic carboxylic acids is 1. The van der Waals surface area contributed by atoms with E-state index in [0.717, 1.165) is 21.1 Å². The predicted octanol–water partition coefficient (Wildman–Crippen LogP) is 2.37. The molecule has 2 rings (SSSR count). The van der Waals surface area contributed by atoms with Gasteiger partial charge in [0.05, 0.1) is 22.7 Å². The van der Waals surface area contributed by atoms with Crippen LogP contribution in [0.25, 0.3) is 0 Å². The zero-order valence-electron chi connectivity index (χ0n) is 10.8. The van der Waals surface area contributed by atoms with Crippen molar-refractivity contribution in [1.82, 2.24) is 4.98 Å². The van der Waals surface area contributed by atoms with Gasteiger partial charge in [0.25, 0.3) is 0 Å². The minimum Gasteiger partial charge on any atom is -0.481 e. The van der Waals surface area contributed by atoms with Crippen LogP contribution in [0.4, 0.5) is 0 Å². The van der Waals surface area contributed by atoms with E-state index in [0.29, 0.717) is 6.42 Å². The molecule has 0 fully saturated rings. The van der Waals surface area contributed by atoms with Crippen molar-refractivity contribution >= 4 is 23.3 Å². The summed E-state index contributed by atoms with van der Waals surface area (Å²) in [5.74, 6) is -1.84. The van der Waals surface area contributed by atoms with Crippen molar-refractivity contribution in [3.8, 4) is 0 Å². The van der Waals surface area contributed by atoms with Crippen LogP contribution in [0.1, 0.15) is 31.5 Å². The number of carboxylic acid groups (broad SMARTS) is 2. The van der Waals surface area contributed by atoms with Crippen LogP contribution in [-0.2, 0) is 17.6 Å². The third-order valence-corrected chi connectivity index (χ3v) is 3.94. The third kappa shape index (κ3) is 3.42. The highest BCUT2D eigenvalue weighted by Gasteiger charge is 2.12. The molecule has 0 aliphatic heterocycles.